The molecule has 1 rings (SSSR count). The third-order valence-corrected chi connectivity index (χ3v) is 3.50. The van der Waals surface area contributed by atoms with Gasteiger partial charge in [-0.05, 0) is 37.1 Å². The van der Waals surface area contributed by atoms with Crippen LogP contribution in [0.4, 0.5) is 0 Å². The number of ether oxygens (including phenoxy) is 1. The van der Waals surface area contributed by atoms with Crippen LogP contribution in [0, 0.1) is 13.8 Å². The first-order valence-electron chi connectivity index (χ1n) is 5.36. The molecule has 16 heavy (non-hydrogen) atoms. The molecule has 1 aromatic rings. The van der Waals surface area contributed by atoms with Crippen molar-refractivity contribution in [1.29, 1.82) is 0 Å². The fraction of sp³-hybridized carbons (Fsp3) is 0.385. The highest BCUT2D eigenvalue weighted by Crippen LogP contribution is 2.26. The molecule has 0 fully saturated rings. The Bertz CT molecular complexity index is 340. The molecule has 0 aliphatic heterocycles. The van der Waals surface area contributed by atoms with Gasteiger partial charge in [-0.3, -0.25) is 0 Å². The van der Waals surface area contributed by atoms with Crippen LogP contribution in [0.5, 0.6) is 5.75 Å². The van der Waals surface area contributed by atoms with Crippen LogP contribution >= 0.6 is 15.9 Å². The second kappa shape index (κ2) is 6.71. The second-order valence-electron chi connectivity index (χ2n) is 3.71. The summed E-state index contributed by atoms with van der Waals surface area (Å²) in [5, 5.41) is 3.19. The van der Waals surface area contributed by atoms with Crippen molar-refractivity contribution in [2.75, 3.05) is 19.7 Å². The van der Waals surface area contributed by atoms with E-state index in [0.29, 0.717) is 6.61 Å². The summed E-state index contributed by atoms with van der Waals surface area (Å²) in [6, 6.07) is 4.09. The van der Waals surface area contributed by atoms with Crippen molar-refractivity contribution in [3.05, 3.63) is 40.4 Å². The minimum absolute atomic E-state index is 0.675. The van der Waals surface area contributed by atoms with Crippen LogP contribution in [-0.2, 0) is 0 Å². The molecule has 0 aliphatic carbocycles. The highest BCUT2D eigenvalue weighted by Gasteiger charge is 2.02. The standard InChI is InChI=1S/C13H18BrNO/c1-4-5-15-6-7-16-12-8-10(2)13(14)11(3)9-12/h4,8-9,15H,1,5-7H2,2-3H3. The molecule has 0 bridgehead atoms. The van der Waals surface area contributed by atoms with E-state index in [1.165, 1.54) is 11.1 Å². The Balaban J connectivity index is 2.45. The zero-order valence-electron chi connectivity index (χ0n) is 9.85. The van der Waals surface area contributed by atoms with Gasteiger partial charge in [-0.2, -0.15) is 0 Å². The van der Waals surface area contributed by atoms with Crippen molar-refractivity contribution in [1.82, 2.24) is 5.32 Å². The van der Waals surface area contributed by atoms with Crippen LogP contribution < -0.4 is 10.1 Å². The van der Waals surface area contributed by atoms with E-state index in [0.717, 1.165) is 23.3 Å². The van der Waals surface area contributed by atoms with E-state index in [4.69, 9.17) is 4.74 Å². The molecule has 3 heteroatoms. The first-order chi connectivity index (χ1) is 7.65. The van der Waals surface area contributed by atoms with Crippen molar-refractivity contribution in [3.63, 3.8) is 0 Å². The summed E-state index contributed by atoms with van der Waals surface area (Å²) in [7, 11) is 0. The molecular formula is C13H18BrNO. The number of hydrogen-bond donors (Lipinski definition) is 1. The number of rotatable bonds is 6. The summed E-state index contributed by atoms with van der Waals surface area (Å²) in [5.41, 5.74) is 2.41. The van der Waals surface area contributed by atoms with Gasteiger partial charge in [0.25, 0.3) is 0 Å². The van der Waals surface area contributed by atoms with E-state index < -0.39 is 0 Å². The number of aryl methyl sites for hydroxylation is 2. The van der Waals surface area contributed by atoms with Gasteiger partial charge >= 0.3 is 0 Å². The van der Waals surface area contributed by atoms with Crippen LogP contribution in [0.15, 0.2) is 29.3 Å². The zero-order valence-corrected chi connectivity index (χ0v) is 11.4. The lowest BCUT2D eigenvalue weighted by Gasteiger charge is -2.10. The Morgan fingerprint density at radius 2 is 2.00 bits per heavy atom. The molecular weight excluding hydrogens is 266 g/mol. The van der Waals surface area contributed by atoms with Gasteiger partial charge in [-0.25, -0.2) is 0 Å². The molecule has 0 saturated carbocycles. The predicted octanol–water partition coefficient (Wildman–Crippen LogP) is 3.22. The number of hydrogen-bond acceptors (Lipinski definition) is 2. The van der Waals surface area contributed by atoms with Crippen LogP contribution in [-0.4, -0.2) is 19.7 Å². The van der Waals surface area contributed by atoms with Gasteiger partial charge in [0.1, 0.15) is 12.4 Å². The Morgan fingerprint density at radius 1 is 1.38 bits per heavy atom. The SMILES string of the molecule is C=CCNCCOc1cc(C)c(Br)c(C)c1. The van der Waals surface area contributed by atoms with Gasteiger partial charge in [0.2, 0.25) is 0 Å². The molecule has 1 N–H and O–H groups in total. The molecule has 0 aliphatic rings. The quantitative estimate of drug-likeness (QED) is 0.639. The third-order valence-electron chi connectivity index (χ3n) is 2.25. The van der Waals surface area contributed by atoms with E-state index in [-0.39, 0.29) is 0 Å². The maximum atomic E-state index is 5.65. The first-order valence-corrected chi connectivity index (χ1v) is 6.15. The number of benzene rings is 1. The highest BCUT2D eigenvalue weighted by atomic mass is 79.9. The van der Waals surface area contributed by atoms with Gasteiger partial charge in [-0.1, -0.05) is 22.0 Å². The highest BCUT2D eigenvalue weighted by molar-refractivity contribution is 9.10. The van der Waals surface area contributed by atoms with Crippen LogP contribution in [0.3, 0.4) is 0 Å². The zero-order chi connectivity index (χ0) is 12.0. The Labute approximate surface area is 106 Å². The van der Waals surface area contributed by atoms with Crippen molar-refractivity contribution < 1.29 is 4.74 Å². The summed E-state index contributed by atoms with van der Waals surface area (Å²) in [4.78, 5) is 0. The molecule has 0 amide bonds. The Hall–Kier alpha value is -0.800. The summed E-state index contributed by atoms with van der Waals surface area (Å²) in [6.07, 6.45) is 1.84. The minimum Gasteiger partial charge on any atom is -0.492 e. The van der Waals surface area contributed by atoms with E-state index in [1.807, 2.05) is 18.2 Å². The molecule has 0 spiro atoms. The fourth-order valence-electron chi connectivity index (χ4n) is 1.43. The lowest BCUT2D eigenvalue weighted by Crippen LogP contribution is -2.20. The molecule has 2 nitrogen and oxygen atoms in total. The lowest BCUT2D eigenvalue weighted by molar-refractivity contribution is 0.316. The summed E-state index contributed by atoms with van der Waals surface area (Å²) in [5.74, 6) is 0.929. The van der Waals surface area contributed by atoms with Crippen LogP contribution in [0.1, 0.15) is 11.1 Å². The minimum atomic E-state index is 0.675. The van der Waals surface area contributed by atoms with E-state index in [2.05, 4.69) is 41.7 Å². The molecule has 88 valence electrons. The van der Waals surface area contributed by atoms with Gasteiger partial charge in [-0.15, -0.1) is 6.58 Å². The summed E-state index contributed by atoms with van der Waals surface area (Å²) in [6.45, 7) is 10.1. The topological polar surface area (TPSA) is 21.3 Å². The Kier molecular flexibility index (Phi) is 5.56. The summed E-state index contributed by atoms with van der Waals surface area (Å²) >= 11 is 3.54. The van der Waals surface area contributed by atoms with Gasteiger partial charge in [0.05, 0.1) is 0 Å². The maximum Gasteiger partial charge on any atom is 0.119 e. The second-order valence-corrected chi connectivity index (χ2v) is 4.51. The fourth-order valence-corrected chi connectivity index (χ4v) is 1.66. The first kappa shape index (κ1) is 13.3. The van der Waals surface area contributed by atoms with Crippen molar-refractivity contribution in [2.45, 2.75) is 13.8 Å². The van der Waals surface area contributed by atoms with Crippen LogP contribution in [0.25, 0.3) is 0 Å². The average Bonchev–Trinajstić information content (AvgIpc) is 2.25. The van der Waals surface area contributed by atoms with E-state index in [9.17, 15) is 0 Å². The maximum absolute atomic E-state index is 5.65. The molecule has 0 radical (unpaired) electrons. The van der Waals surface area contributed by atoms with Crippen LogP contribution in [0.2, 0.25) is 0 Å². The molecule has 1 aromatic carbocycles. The molecule has 0 heterocycles. The predicted molar refractivity (Wildman–Crippen MR) is 72.2 cm³/mol. The van der Waals surface area contributed by atoms with Crippen molar-refractivity contribution in [3.8, 4) is 5.75 Å². The van der Waals surface area contributed by atoms with E-state index >= 15 is 0 Å². The Morgan fingerprint density at radius 3 is 2.56 bits per heavy atom. The molecule has 0 unspecified atom stereocenters. The largest absolute Gasteiger partial charge is 0.492 e. The monoisotopic (exact) mass is 283 g/mol. The van der Waals surface area contributed by atoms with Crippen molar-refractivity contribution >= 4 is 15.9 Å². The van der Waals surface area contributed by atoms with Gasteiger partial charge in [0, 0.05) is 17.6 Å². The normalized spacial score (nSPS) is 10.2. The number of halogens is 1. The lowest BCUT2D eigenvalue weighted by atomic mass is 10.1. The molecule has 0 atom stereocenters. The average molecular weight is 284 g/mol. The smallest absolute Gasteiger partial charge is 0.119 e. The molecule has 0 aromatic heterocycles. The van der Waals surface area contributed by atoms with Gasteiger partial charge < -0.3 is 10.1 Å². The third kappa shape index (κ3) is 3.99. The molecule has 0 saturated heterocycles. The van der Waals surface area contributed by atoms with Crippen molar-refractivity contribution in [2.24, 2.45) is 0 Å². The van der Waals surface area contributed by atoms with E-state index in [1.54, 1.807) is 0 Å². The number of nitrogens with one attached hydrogen (secondary N) is 1. The summed E-state index contributed by atoms with van der Waals surface area (Å²) < 4.78 is 6.81. The van der Waals surface area contributed by atoms with Gasteiger partial charge in [0.15, 0.2) is 0 Å².